The Bertz CT molecular complexity index is 636. The lowest BCUT2D eigenvalue weighted by Crippen LogP contribution is -2.37. The highest BCUT2D eigenvalue weighted by Gasteiger charge is 2.23. The second kappa shape index (κ2) is 7.59. The average Bonchev–Trinajstić information content (AvgIpc) is 3.32. The lowest BCUT2D eigenvalue weighted by atomic mass is 10.1. The molecule has 23 heavy (non-hydrogen) atoms. The Morgan fingerprint density at radius 1 is 1.26 bits per heavy atom. The van der Waals surface area contributed by atoms with Crippen LogP contribution >= 0.6 is 12.2 Å². The van der Waals surface area contributed by atoms with Gasteiger partial charge in [-0.05, 0) is 49.7 Å². The van der Waals surface area contributed by atoms with Gasteiger partial charge in [-0.1, -0.05) is 26.0 Å². The van der Waals surface area contributed by atoms with Crippen LogP contribution in [-0.2, 0) is 10.0 Å². The van der Waals surface area contributed by atoms with Gasteiger partial charge >= 0.3 is 0 Å². The number of rotatable bonds is 7. The summed E-state index contributed by atoms with van der Waals surface area (Å²) >= 11 is 5.27. The highest BCUT2D eigenvalue weighted by atomic mass is 32.2. The molecule has 0 radical (unpaired) electrons. The maximum Gasteiger partial charge on any atom is 0.243 e. The van der Waals surface area contributed by atoms with Crippen molar-refractivity contribution in [2.45, 2.75) is 50.6 Å². The molecule has 7 heteroatoms. The van der Waals surface area contributed by atoms with Gasteiger partial charge in [0.1, 0.15) is 0 Å². The Kier molecular flexibility index (Phi) is 6.00. The van der Waals surface area contributed by atoms with Crippen LogP contribution in [0.15, 0.2) is 29.2 Å². The predicted molar refractivity (Wildman–Crippen MR) is 96.9 cm³/mol. The van der Waals surface area contributed by atoms with E-state index >= 15 is 0 Å². The molecule has 1 aliphatic rings. The molecule has 1 aromatic carbocycles. The van der Waals surface area contributed by atoms with Gasteiger partial charge in [-0.3, -0.25) is 0 Å². The van der Waals surface area contributed by atoms with Gasteiger partial charge in [-0.15, -0.1) is 0 Å². The Hall–Kier alpha value is -1.18. The third-order valence-corrected chi connectivity index (χ3v) is 6.28. The normalized spacial score (nSPS) is 16.2. The van der Waals surface area contributed by atoms with Crippen molar-refractivity contribution in [1.29, 1.82) is 0 Å². The summed E-state index contributed by atoms with van der Waals surface area (Å²) in [6.45, 7) is 6.64. The van der Waals surface area contributed by atoms with E-state index in [0.717, 1.165) is 5.56 Å². The molecular weight excluding hydrogens is 330 g/mol. The molecule has 0 spiro atoms. The van der Waals surface area contributed by atoms with Crippen LogP contribution in [0.25, 0.3) is 0 Å². The highest BCUT2D eigenvalue weighted by Crippen LogP contribution is 2.21. The zero-order chi connectivity index (χ0) is 17.0. The van der Waals surface area contributed by atoms with Gasteiger partial charge in [0.25, 0.3) is 0 Å². The molecule has 2 rings (SSSR count). The fraction of sp³-hybridized carbons (Fsp3) is 0.562. The number of hydrogen-bond donors (Lipinski definition) is 2. The molecule has 0 aliphatic heterocycles. The number of thiocarbonyl (C=S) groups is 1. The molecule has 0 bridgehead atoms. The predicted octanol–water partition coefficient (Wildman–Crippen LogP) is 2.40. The van der Waals surface area contributed by atoms with Crippen LogP contribution in [0.3, 0.4) is 0 Å². The van der Waals surface area contributed by atoms with Crippen LogP contribution in [-0.4, -0.2) is 37.0 Å². The van der Waals surface area contributed by atoms with E-state index in [-0.39, 0.29) is 6.04 Å². The molecule has 128 valence electrons. The van der Waals surface area contributed by atoms with Gasteiger partial charge in [-0.25, -0.2) is 8.42 Å². The Morgan fingerprint density at radius 3 is 2.30 bits per heavy atom. The molecule has 0 unspecified atom stereocenters. The van der Waals surface area contributed by atoms with Gasteiger partial charge in [0.15, 0.2) is 5.11 Å². The maximum atomic E-state index is 12.5. The molecule has 0 amide bonds. The van der Waals surface area contributed by atoms with Crippen LogP contribution in [0.5, 0.6) is 0 Å². The van der Waals surface area contributed by atoms with Gasteiger partial charge in [0.05, 0.1) is 10.9 Å². The summed E-state index contributed by atoms with van der Waals surface area (Å²) in [6, 6.07) is 7.56. The standard InChI is InChI=1S/C16H25N3O2S2/c1-4-19(5-2)23(20,21)15-10-6-13(7-11-15)12(3)17-16(22)18-14-8-9-14/h6-7,10-12,14H,4-5,8-9H2,1-3H3,(H2,17,18,22)/t12-/m0/s1. The summed E-state index contributed by atoms with van der Waals surface area (Å²) in [5, 5.41) is 7.12. The first-order valence-electron chi connectivity index (χ1n) is 8.05. The smallest absolute Gasteiger partial charge is 0.243 e. The average molecular weight is 356 g/mol. The van der Waals surface area contributed by atoms with E-state index < -0.39 is 10.0 Å². The minimum Gasteiger partial charge on any atom is -0.360 e. The third-order valence-electron chi connectivity index (χ3n) is 3.98. The van der Waals surface area contributed by atoms with Gasteiger partial charge < -0.3 is 10.6 Å². The van der Waals surface area contributed by atoms with Crippen LogP contribution < -0.4 is 10.6 Å². The van der Waals surface area contributed by atoms with Crippen LogP contribution in [0.2, 0.25) is 0 Å². The monoisotopic (exact) mass is 355 g/mol. The molecule has 0 saturated heterocycles. The fourth-order valence-electron chi connectivity index (χ4n) is 2.38. The minimum atomic E-state index is -3.40. The first-order valence-corrected chi connectivity index (χ1v) is 9.90. The second-order valence-corrected chi connectivity index (χ2v) is 8.12. The number of nitrogens with one attached hydrogen (secondary N) is 2. The second-order valence-electron chi connectivity index (χ2n) is 5.77. The van der Waals surface area contributed by atoms with E-state index in [9.17, 15) is 8.42 Å². The lowest BCUT2D eigenvalue weighted by molar-refractivity contribution is 0.445. The van der Waals surface area contributed by atoms with Crippen molar-refractivity contribution >= 4 is 27.4 Å². The zero-order valence-electron chi connectivity index (χ0n) is 13.9. The minimum absolute atomic E-state index is 0.0268. The molecule has 0 heterocycles. The van der Waals surface area contributed by atoms with Crippen molar-refractivity contribution in [3.05, 3.63) is 29.8 Å². The molecule has 5 nitrogen and oxygen atoms in total. The van der Waals surface area contributed by atoms with Gasteiger partial charge in [0, 0.05) is 19.1 Å². The van der Waals surface area contributed by atoms with Crippen molar-refractivity contribution in [3.63, 3.8) is 0 Å². The topological polar surface area (TPSA) is 61.4 Å². The van der Waals surface area contributed by atoms with E-state index in [1.807, 2.05) is 32.9 Å². The Labute approximate surface area is 144 Å². The summed E-state index contributed by atoms with van der Waals surface area (Å²) in [5.74, 6) is 0. The fourth-order valence-corrected chi connectivity index (χ4v) is 4.18. The third kappa shape index (κ3) is 4.65. The molecule has 1 fully saturated rings. The summed E-state index contributed by atoms with van der Waals surface area (Å²) in [7, 11) is -3.40. The van der Waals surface area contributed by atoms with Crippen molar-refractivity contribution in [1.82, 2.24) is 14.9 Å². The first kappa shape index (κ1) is 18.2. The molecule has 1 atom stereocenters. The molecule has 1 aromatic rings. The molecular formula is C16H25N3O2S2. The Balaban J connectivity index is 2.04. The molecule has 1 aliphatic carbocycles. The molecule has 0 aromatic heterocycles. The number of hydrogen-bond acceptors (Lipinski definition) is 3. The SMILES string of the molecule is CCN(CC)S(=O)(=O)c1ccc([C@H](C)NC(=S)NC2CC2)cc1. The van der Waals surface area contributed by atoms with Crippen LogP contribution in [0, 0.1) is 0 Å². The van der Waals surface area contributed by atoms with Crippen LogP contribution in [0.1, 0.15) is 45.2 Å². The van der Waals surface area contributed by atoms with Crippen molar-refractivity contribution in [2.24, 2.45) is 0 Å². The summed E-state index contributed by atoms with van der Waals surface area (Å²) < 4.78 is 26.4. The highest BCUT2D eigenvalue weighted by molar-refractivity contribution is 7.89. The molecule has 2 N–H and O–H groups in total. The number of nitrogens with zero attached hydrogens (tertiary/aromatic N) is 1. The lowest BCUT2D eigenvalue weighted by Gasteiger charge is -2.20. The molecule has 1 saturated carbocycles. The number of sulfonamides is 1. The van der Waals surface area contributed by atoms with Gasteiger partial charge in [-0.2, -0.15) is 4.31 Å². The van der Waals surface area contributed by atoms with E-state index in [1.54, 1.807) is 12.1 Å². The number of benzene rings is 1. The van der Waals surface area contributed by atoms with E-state index in [0.29, 0.717) is 29.1 Å². The van der Waals surface area contributed by atoms with Crippen molar-refractivity contribution in [3.8, 4) is 0 Å². The maximum absolute atomic E-state index is 12.5. The van der Waals surface area contributed by atoms with E-state index in [1.165, 1.54) is 17.1 Å². The first-order chi connectivity index (χ1) is 10.9. The van der Waals surface area contributed by atoms with Crippen LogP contribution in [0.4, 0.5) is 0 Å². The quantitative estimate of drug-likeness (QED) is 0.736. The summed E-state index contributed by atoms with van der Waals surface area (Å²) in [5.41, 5.74) is 1.00. The summed E-state index contributed by atoms with van der Waals surface area (Å²) in [6.07, 6.45) is 2.35. The van der Waals surface area contributed by atoms with Crippen molar-refractivity contribution in [2.75, 3.05) is 13.1 Å². The Morgan fingerprint density at radius 2 is 1.83 bits per heavy atom. The largest absolute Gasteiger partial charge is 0.360 e. The van der Waals surface area contributed by atoms with Gasteiger partial charge in [0.2, 0.25) is 10.0 Å². The van der Waals surface area contributed by atoms with E-state index in [4.69, 9.17) is 12.2 Å². The zero-order valence-corrected chi connectivity index (χ0v) is 15.5. The summed E-state index contributed by atoms with van der Waals surface area (Å²) in [4.78, 5) is 0.329. The van der Waals surface area contributed by atoms with E-state index in [2.05, 4.69) is 10.6 Å². The van der Waals surface area contributed by atoms with Crippen molar-refractivity contribution < 1.29 is 8.42 Å².